The second kappa shape index (κ2) is 7.44. The minimum Gasteiger partial charge on any atom is -0.491 e. The average Bonchev–Trinajstić information content (AvgIpc) is 3.07. The summed E-state index contributed by atoms with van der Waals surface area (Å²) in [5.41, 5.74) is 3.31. The minimum absolute atomic E-state index is 0.231. The number of piperidine rings is 1. The lowest BCUT2D eigenvalue weighted by atomic mass is 9.67. The molecule has 2 aromatic rings. The maximum absolute atomic E-state index is 5.98. The first-order valence-corrected chi connectivity index (χ1v) is 10.2. The fourth-order valence-electron chi connectivity index (χ4n) is 5.16. The maximum atomic E-state index is 5.98. The van der Waals surface area contributed by atoms with Crippen LogP contribution in [0.15, 0.2) is 54.6 Å². The summed E-state index contributed by atoms with van der Waals surface area (Å²) in [5, 5.41) is 0. The molecule has 2 aliphatic rings. The third-order valence-corrected chi connectivity index (χ3v) is 6.34. The molecule has 2 heteroatoms. The van der Waals surface area contributed by atoms with Crippen LogP contribution in [0.3, 0.4) is 0 Å². The smallest absolute Gasteiger partial charge is 0.119 e. The minimum atomic E-state index is 0.231. The van der Waals surface area contributed by atoms with Crippen molar-refractivity contribution in [2.75, 3.05) is 13.1 Å². The van der Waals surface area contributed by atoms with Gasteiger partial charge in [-0.1, -0.05) is 48.9 Å². The van der Waals surface area contributed by atoms with Crippen LogP contribution in [0, 0.1) is 5.92 Å². The Morgan fingerprint density at radius 3 is 2.73 bits per heavy atom. The average molecular weight is 350 g/mol. The summed E-state index contributed by atoms with van der Waals surface area (Å²) in [6.07, 6.45) is 5.56. The Hall–Kier alpha value is -1.80. The molecular formula is C24H31NO. The van der Waals surface area contributed by atoms with Gasteiger partial charge >= 0.3 is 0 Å². The van der Waals surface area contributed by atoms with Crippen LogP contribution in [0.5, 0.6) is 5.75 Å². The van der Waals surface area contributed by atoms with Crippen molar-refractivity contribution in [1.29, 1.82) is 0 Å². The van der Waals surface area contributed by atoms with Gasteiger partial charge in [0.1, 0.15) is 5.75 Å². The Balaban J connectivity index is 1.52. The summed E-state index contributed by atoms with van der Waals surface area (Å²) in [6, 6.07) is 19.9. The van der Waals surface area contributed by atoms with Crippen LogP contribution in [0.2, 0.25) is 0 Å². The maximum Gasteiger partial charge on any atom is 0.119 e. The van der Waals surface area contributed by atoms with E-state index >= 15 is 0 Å². The van der Waals surface area contributed by atoms with Gasteiger partial charge in [-0.3, -0.25) is 4.90 Å². The summed E-state index contributed by atoms with van der Waals surface area (Å²) in [5.74, 6) is 1.80. The molecule has 1 heterocycles. The van der Waals surface area contributed by atoms with Crippen LogP contribution in [-0.4, -0.2) is 24.1 Å². The second-order valence-electron chi connectivity index (χ2n) is 8.41. The molecule has 26 heavy (non-hydrogen) atoms. The van der Waals surface area contributed by atoms with E-state index in [0.717, 1.165) is 18.2 Å². The van der Waals surface area contributed by atoms with Crippen molar-refractivity contribution >= 4 is 0 Å². The number of hydrogen-bond acceptors (Lipinski definition) is 2. The van der Waals surface area contributed by atoms with E-state index in [2.05, 4.69) is 73.3 Å². The standard InChI is InChI=1S/C24H31NO/c1-19(2)26-23-12-6-10-21(16-23)24-13-7-11-22(24)18-25(15-14-24)17-20-8-4-3-5-9-20/h3-6,8-10,12,16,19,22H,7,11,13-15,17-18H2,1-2H3. The molecular weight excluding hydrogens is 318 g/mol. The summed E-state index contributed by atoms with van der Waals surface area (Å²) in [6.45, 7) is 7.71. The third kappa shape index (κ3) is 3.53. The SMILES string of the molecule is CC(C)Oc1cccc(C23CCCC2CN(Cc2ccccc2)CC3)c1. The van der Waals surface area contributed by atoms with E-state index in [4.69, 9.17) is 4.74 Å². The predicted molar refractivity (Wildman–Crippen MR) is 108 cm³/mol. The zero-order chi connectivity index (χ0) is 18.0. The number of benzene rings is 2. The molecule has 4 rings (SSSR count). The second-order valence-corrected chi connectivity index (χ2v) is 8.41. The molecule has 0 spiro atoms. The van der Waals surface area contributed by atoms with E-state index in [1.165, 1.54) is 49.9 Å². The van der Waals surface area contributed by atoms with Gasteiger partial charge in [0.25, 0.3) is 0 Å². The third-order valence-electron chi connectivity index (χ3n) is 6.34. The van der Waals surface area contributed by atoms with Crippen LogP contribution in [0.1, 0.15) is 50.7 Å². The van der Waals surface area contributed by atoms with Gasteiger partial charge in [0.05, 0.1) is 6.10 Å². The molecule has 2 unspecified atom stereocenters. The first kappa shape index (κ1) is 17.6. The van der Waals surface area contributed by atoms with Gasteiger partial charge in [0, 0.05) is 18.5 Å². The van der Waals surface area contributed by atoms with Crippen molar-refractivity contribution in [3.05, 3.63) is 65.7 Å². The number of nitrogens with zero attached hydrogens (tertiary/aromatic N) is 1. The molecule has 2 nitrogen and oxygen atoms in total. The highest BCUT2D eigenvalue weighted by molar-refractivity contribution is 5.36. The fraction of sp³-hybridized carbons (Fsp3) is 0.500. The quantitative estimate of drug-likeness (QED) is 0.715. The molecule has 1 aliphatic carbocycles. The molecule has 0 amide bonds. The van der Waals surface area contributed by atoms with Crippen molar-refractivity contribution in [1.82, 2.24) is 4.90 Å². The van der Waals surface area contributed by atoms with E-state index in [-0.39, 0.29) is 6.10 Å². The highest BCUT2D eigenvalue weighted by Gasteiger charge is 2.47. The molecule has 0 radical (unpaired) electrons. The van der Waals surface area contributed by atoms with Gasteiger partial charge in [0.15, 0.2) is 0 Å². The van der Waals surface area contributed by atoms with E-state index < -0.39 is 0 Å². The fourth-order valence-corrected chi connectivity index (χ4v) is 5.16. The lowest BCUT2D eigenvalue weighted by Crippen LogP contribution is -2.47. The van der Waals surface area contributed by atoms with Crippen LogP contribution < -0.4 is 4.74 Å². The molecule has 0 N–H and O–H groups in total. The molecule has 1 saturated carbocycles. The van der Waals surface area contributed by atoms with Gasteiger partial charge in [-0.2, -0.15) is 0 Å². The summed E-state index contributed by atoms with van der Waals surface area (Å²) in [7, 11) is 0. The number of likely N-dealkylation sites (tertiary alicyclic amines) is 1. The Morgan fingerprint density at radius 1 is 1.08 bits per heavy atom. The number of fused-ring (bicyclic) bond motifs is 1. The van der Waals surface area contributed by atoms with Crippen LogP contribution in [0.25, 0.3) is 0 Å². The zero-order valence-electron chi connectivity index (χ0n) is 16.2. The number of hydrogen-bond donors (Lipinski definition) is 0. The monoisotopic (exact) mass is 349 g/mol. The molecule has 2 fully saturated rings. The highest BCUT2D eigenvalue weighted by Crippen LogP contribution is 2.51. The number of ether oxygens (including phenoxy) is 1. The van der Waals surface area contributed by atoms with Gasteiger partial charge in [-0.05, 0) is 68.8 Å². The van der Waals surface area contributed by atoms with Crippen LogP contribution in [0.4, 0.5) is 0 Å². The van der Waals surface area contributed by atoms with Crippen LogP contribution in [-0.2, 0) is 12.0 Å². The van der Waals surface area contributed by atoms with Crippen molar-refractivity contribution in [3.63, 3.8) is 0 Å². The summed E-state index contributed by atoms with van der Waals surface area (Å²) in [4.78, 5) is 2.66. The summed E-state index contributed by atoms with van der Waals surface area (Å²) < 4.78 is 5.98. The molecule has 1 saturated heterocycles. The van der Waals surface area contributed by atoms with E-state index in [9.17, 15) is 0 Å². The first-order chi connectivity index (χ1) is 12.7. The molecule has 1 aliphatic heterocycles. The van der Waals surface area contributed by atoms with Crippen molar-refractivity contribution in [2.45, 2.75) is 57.6 Å². The Labute approximate surface area is 158 Å². The topological polar surface area (TPSA) is 12.5 Å². The Kier molecular flexibility index (Phi) is 5.04. The van der Waals surface area contributed by atoms with Gasteiger partial charge in [-0.15, -0.1) is 0 Å². The van der Waals surface area contributed by atoms with Crippen molar-refractivity contribution in [2.24, 2.45) is 5.92 Å². The largest absolute Gasteiger partial charge is 0.491 e. The molecule has 0 bridgehead atoms. The Morgan fingerprint density at radius 2 is 1.92 bits per heavy atom. The Bertz CT molecular complexity index is 726. The van der Waals surface area contributed by atoms with E-state index in [1.807, 2.05) is 0 Å². The van der Waals surface area contributed by atoms with E-state index in [1.54, 1.807) is 0 Å². The van der Waals surface area contributed by atoms with Gasteiger partial charge in [0.2, 0.25) is 0 Å². The van der Waals surface area contributed by atoms with Crippen LogP contribution >= 0.6 is 0 Å². The molecule has 2 atom stereocenters. The van der Waals surface area contributed by atoms with Crippen molar-refractivity contribution in [3.8, 4) is 5.75 Å². The van der Waals surface area contributed by atoms with Gasteiger partial charge < -0.3 is 4.74 Å². The normalized spacial score (nSPS) is 26.0. The zero-order valence-corrected chi connectivity index (χ0v) is 16.2. The molecule has 0 aromatic heterocycles. The number of rotatable bonds is 5. The first-order valence-electron chi connectivity index (χ1n) is 10.2. The van der Waals surface area contributed by atoms with E-state index in [0.29, 0.717) is 5.41 Å². The highest BCUT2D eigenvalue weighted by atomic mass is 16.5. The molecule has 138 valence electrons. The summed E-state index contributed by atoms with van der Waals surface area (Å²) >= 11 is 0. The van der Waals surface area contributed by atoms with Crippen molar-refractivity contribution < 1.29 is 4.74 Å². The lowest BCUT2D eigenvalue weighted by Gasteiger charge is -2.45. The predicted octanol–water partition coefficient (Wildman–Crippen LogP) is 5.42. The lowest BCUT2D eigenvalue weighted by molar-refractivity contribution is 0.105. The molecule has 2 aromatic carbocycles. The van der Waals surface area contributed by atoms with Gasteiger partial charge in [-0.25, -0.2) is 0 Å².